The van der Waals surface area contributed by atoms with Crippen molar-refractivity contribution in [2.75, 3.05) is 0 Å². The smallest absolute Gasteiger partial charge is 0.126 e. The van der Waals surface area contributed by atoms with Crippen LogP contribution in [-0.2, 0) is 0 Å². The molecule has 18 heavy (non-hydrogen) atoms. The highest BCUT2D eigenvalue weighted by Gasteiger charge is 2.35. The maximum Gasteiger partial charge on any atom is 0.126 e. The van der Waals surface area contributed by atoms with Crippen molar-refractivity contribution in [3.8, 4) is 0 Å². The summed E-state index contributed by atoms with van der Waals surface area (Å²) < 4.78 is 26.4. The summed E-state index contributed by atoms with van der Waals surface area (Å²) in [6.45, 7) is 6.45. The zero-order valence-electron chi connectivity index (χ0n) is 11.3. The lowest BCUT2D eigenvalue weighted by molar-refractivity contribution is 0.266. The Morgan fingerprint density at radius 3 is 2.33 bits per heavy atom. The molecule has 0 aliphatic heterocycles. The molecule has 0 bridgehead atoms. The van der Waals surface area contributed by atoms with E-state index in [-0.39, 0.29) is 11.5 Å². The minimum absolute atomic E-state index is 0.0300. The van der Waals surface area contributed by atoms with Crippen molar-refractivity contribution in [3.63, 3.8) is 0 Å². The predicted molar refractivity (Wildman–Crippen MR) is 69.3 cm³/mol. The Labute approximate surface area is 108 Å². The summed E-state index contributed by atoms with van der Waals surface area (Å²) in [4.78, 5) is 0. The highest BCUT2D eigenvalue weighted by molar-refractivity contribution is 5.21. The Kier molecular flexibility index (Phi) is 3.71. The lowest BCUT2D eigenvalue weighted by Crippen LogP contribution is -2.39. The molecule has 1 nitrogen and oxygen atoms in total. The average Bonchev–Trinajstić information content (AvgIpc) is 2.57. The Bertz CT molecular complexity index is 408. The molecular formula is C15H21F2N. The summed E-state index contributed by atoms with van der Waals surface area (Å²) in [6.07, 6.45) is 3.55. The van der Waals surface area contributed by atoms with Gasteiger partial charge in [-0.05, 0) is 42.9 Å². The first-order chi connectivity index (χ1) is 8.38. The Morgan fingerprint density at radius 1 is 1.22 bits per heavy atom. The van der Waals surface area contributed by atoms with E-state index < -0.39 is 11.6 Å². The number of hydrogen-bond donors (Lipinski definition) is 1. The second-order valence-electron chi connectivity index (χ2n) is 6.02. The molecule has 1 fully saturated rings. The number of benzene rings is 1. The van der Waals surface area contributed by atoms with E-state index in [9.17, 15) is 8.78 Å². The monoisotopic (exact) mass is 253 g/mol. The summed E-state index contributed by atoms with van der Waals surface area (Å²) in [7, 11) is 0. The van der Waals surface area contributed by atoms with Gasteiger partial charge in [0.05, 0.1) is 0 Å². The average molecular weight is 253 g/mol. The van der Waals surface area contributed by atoms with Crippen molar-refractivity contribution < 1.29 is 8.78 Å². The van der Waals surface area contributed by atoms with E-state index in [1.54, 1.807) is 0 Å². The van der Waals surface area contributed by atoms with Gasteiger partial charge in [-0.3, -0.25) is 0 Å². The van der Waals surface area contributed by atoms with E-state index in [2.05, 4.69) is 19.2 Å². The zero-order valence-corrected chi connectivity index (χ0v) is 11.3. The van der Waals surface area contributed by atoms with Crippen LogP contribution in [0.25, 0.3) is 0 Å². The van der Waals surface area contributed by atoms with Crippen LogP contribution in [0.1, 0.15) is 51.6 Å². The molecule has 1 N–H and O–H groups in total. The lowest BCUT2D eigenvalue weighted by atomic mass is 9.86. The van der Waals surface area contributed by atoms with Gasteiger partial charge >= 0.3 is 0 Å². The molecule has 2 rings (SSSR count). The minimum Gasteiger partial charge on any atom is -0.307 e. The van der Waals surface area contributed by atoms with Crippen LogP contribution < -0.4 is 5.32 Å². The van der Waals surface area contributed by atoms with E-state index in [4.69, 9.17) is 0 Å². The Hall–Kier alpha value is -0.960. The maximum atomic E-state index is 13.2. The Morgan fingerprint density at radius 2 is 1.83 bits per heavy atom. The SMILES string of the molecule is CC(NC1CCCC1(C)C)c1cc(F)cc(F)c1. The summed E-state index contributed by atoms with van der Waals surface area (Å²) in [5.74, 6) is -1.02. The Balaban J connectivity index is 2.09. The molecule has 1 aromatic rings. The molecule has 1 aromatic carbocycles. The highest BCUT2D eigenvalue weighted by atomic mass is 19.1. The van der Waals surface area contributed by atoms with Crippen molar-refractivity contribution in [2.45, 2.75) is 52.1 Å². The van der Waals surface area contributed by atoms with Gasteiger partial charge in [0.15, 0.2) is 0 Å². The van der Waals surface area contributed by atoms with Gasteiger partial charge in [-0.25, -0.2) is 8.78 Å². The van der Waals surface area contributed by atoms with Crippen molar-refractivity contribution in [2.24, 2.45) is 5.41 Å². The van der Waals surface area contributed by atoms with Crippen LogP contribution in [0.4, 0.5) is 8.78 Å². The number of rotatable bonds is 3. The quantitative estimate of drug-likeness (QED) is 0.851. The molecule has 1 aliphatic carbocycles. The molecular weight excluding hydrogens is 232 g/mol. The fourth-order valence-electron chi connectivity index (χ4n) is 2.86. The van der Waals surface area contributed by atoms with Crippen LogP contribution in [0.15, 0.2) is 18.2 Å². The van der Waals surface area contributed by atoms with Crippen LogP contribution in [-0.4, -0.2) is 6.04 Å². The number of nitrogens with one attached hydrogen (secondary N) is 1. The topological polar surface area (TPSA) is 12.0 Å². The first-order valence-corrected chi connectivity index (χ1v) is 6.60. The van der Waals surface area contributed by atoms with Gasteiger partial charge in [0, 0.05) is 18.2 Å². The van der Waals surface area contributed by atoms with Crippen LogP contribution in [0.5, 0.6) is 0 Å². The first-order valence-electron chi connectivity index (χ1n) is 6.60. The van der Waals surface area contributed by atoms with Gasteiger partial charge in [-0.1, -0.05) is 20.3 Å². The van der Waals surface area contributed by atoms with E-state index in [0.717, 1.165) is 12.5 Å². The van der Waals surface area contributed by atoms with Crippen LogP contribution in [0, 0.1) is 17.0 Å². The highest BCUT2D eigenvalue weighted by Crippen LogP contribution is 2.38. The van der Waals surface area contributed by atoms with Crippen LogP contribution in [0.3, 0.4) is 0 Å². The molecule has 0 saturated heterocycles. The molecule has 3 heteroatoms. The van der Waals surface area contributed by atoms with E-state index in [0.29, 0.717) is 11.6 Å². The first kappa shape index (κ1) is 13.5. The van der Waals surface area contributed by atoms with E-state index >= 15 is 0 Å². The van der Waals surface area contributed by atoms with Crippen LogP contribution in [0.2, 0.25) is 0 Å². The minimum atomic E-state index is -0.510. The summed E-state index contributed by atoms with van der Waals surface area (Å²) in [6, 6.07) is 4.11. The van der Waals surface area contributed by atoms with Crippen molar-refractivity contribution >= 4 is 0 Å². The molecule has 2 atom stereocenters. The molecule has 0 spiro atoms. The van der Waals surface area contributed by atoms with Gasteiger partial charge in [-0.2, -0.15) is 0 Å². The van der Waals surface area contributed by atoms with Crippen molar-refractivity contribution in [1.29, 1.82) is 0 Å². The second-order valence-corrected chi connectivity index (χ2v) is 6.02. The largest absolute Gasteiger partial charge is 0.307 e. The third kappa shape index (κ3) is 2.89. The summed E-state index contributed by atoms with van der Waals surface area (Å²) >= 11 is 0. The van der Waals surface area contributed by atoms with Gasteiger partial charge in [0.1, 0.15) is 11.6 Å². The maximum absolute atomic E-state index is 13.2. The summed E-state index contributed by atoms with van der Waals surface area (Å²) in [5.41, 5.74) is 0.940. The van der Waals surface area contributed by atoms with Gasteiger partial charge in [0.2, 0.25) is 0 Å². The van der Waals surface area contributed by atoms with Crippen LogP contribution >= 0.6 is 0 Å². The normalized spacial score (nSPS) is 24.2. The standard InChI is InChI=1S/C15H21F2N/c1-10(11-7-12(16)9-13(17)8-11)18-14-5-4-6-15(14,2)3/h7-10,14,18H,4-6H2,1-3H3. The summed E-state index contributed by atoms with van der Waals surface area (Å²) in [5, 5.41) is 3.51. The second kappa shape index (κ2) is 4.96. The molecule has 1 saturated carbocycles. The molecule has 0 radical (unpaired) electrons. The number of hydrogen-bond acceptors (Lipinski definition) is 1. The number of halogens is 2. The third-order valence-corrected chi connectivity index (χ3v) is 4.09. The van der Waals surface area contributed by atoms with Crippen molar-refractivity contribution in [3.05, 3.63) is 35.4 Å². The molecule has 0 heterocycles. The molecule has 2 unspecified atom stereocenters. The van der Waals surface area contributed by atoms with Gasteiger partial charge < -0.3 is 5.32 Å². The predicted octanol–water partition coefficient (Wildman–Crippen LogP) is 4.19. The van der Waals surface area contributed by atoms with Gasteiger partial charge in [-0.15, -0.1) is 0 Å². The molecule has 0 amide bonds. The van der Waals surface area contributed by atoms with E-state index in [1.165, 1.54) is 25.0 Å². The fraction of sp³-hybridized carbons (Fsp3) is 0.600. The molecule has 100 valence electrons. The van der Waals surface area contributed by atoms with Crippen molar-refractivity contribution in [1.82, 2.24) is 5.32 Å². The molecule has 0 aromatic heterocycles. The van der Waals surface area contributed by atoms with Gasteiger partial charge in [0.25, 0.3) is 0 Å². The third-order valence-electron chi connectivity index (χ3n) is 4.09. The molecule has 1 aliphatic rings. The lowest BCUT2D eigenvalue weighted by Gasteiger charge is -2.31. The van der Waals surface area contributed by atoms with E-state index in [1.807, 2.05) is 6.92 Å². The fourth-order valence-corrected chi connectivity index (χ4v) is 2.86. The zero-order chi connectivity index (χ0) is 13.3.